The number of primary amides is 1. The molecule has 3 N–H and O–H groups in total. The van der Waals surface area contributed by atoms with E-state index in [9.17, 15) is 4.79 Å². The lowest BCUT2D eigenvalue weighted by Crippen LogP contribution is -2.44. The van der Waals surface area contributed by atoms with Crippen molar-refractivity contribution in [2.24, 2.45) is 5.73 Å². The van der Waals surface area contributed by atoms with Gasteiger partial charge in [0.15, 0.2) is 11.5 Å². The molecule has 0 aliphatic carbocycles. The van der Waals surface area contributed by atoms with Crippen LogP contribution in [0.3, 0.4) is 0 Å². The molecule has 0 radical (unpaired) electrons. The number of carbonyl (C=O) groups excluding carboxylic acids is 1. The smallest absolute Gasteiger partial charge is 0.271 e. The third kappa shape index (κ3) is 4.56. The van der Waals surface area contributed by atoms with E-state index in [2.05, 4.69) is 42.0 Å². The molecule has 4 heterocycles. The summed E-state index contributed by atoms with van der Waals surface area (Å²) in [6.45, 7) is 5.95. The molecule has 0 unspecified atom stereocenters. The molecule has 29 heavy (non-hydrogen) atoms. The Morgan fingerprint density at radius 2 is 1.72 bits per heavy atom. The van der Waals surface area contributed by atoms with Crippen molar-refractivity contribution in [1.82, 2.24) is 19.9 Å². The number of hydrogen-bond donors (Lipinski definition) is 2. The molecule has 0 saturated carbocycles. The Hall–Kier alpha value is -2.94. The van der Waals surface area contributed by atoms with Crippen LogP contribution in [0.25, 0.3) is 0 Å². The first kappa shape index (κ1) is 19.4. The van der Waals surface area contributed by atoms with Gasteiger partial charge in [-0.3, -0.25) is 4.79 Å². The van der Waals surface area contributed by atoms with Crippen LogP contribution < -0.4 is 20.9 Å². The maximum Gasteiger partial charge on any atom is 0.271 e. The molecule has 0 spiro atoms. The van der Waals surface area contributed by atoms with Crippen molar-refractivity contribution in [3.8, 4) is 0 Å². The highest BCUT2D eigenvalue weighted by atomic mass is 16.1. The molecule has 9 heteroatoms. The Balaban J connectivity index is 1.52. The molecule has 0 aromatic carbocycles. The quantitative estimate of drug-likeness (QED) is 0.783. The first-order valence-corrected chi connectivity index (χ1v) is 10.2. The predicted octanol–water partition coefficient (Wildman–Crippen LogP) is 1.46. The number of aromatic nitrogens is 3. The molecule has 0 bridgehead atoms. The van der Waals surface area contributed by atoms with Crippen molar-refractivity contribution >= 4 is 29.0 Å². The van der Waals surface area contributed by atoms with Gasteiger partial charge in [0.2, 0.25) is 0 Å². The molecule has 2 aromatic heterocycles. The van der Waals surface area contributed by atoms with E-state index in [0.29, 0.717) is 11.6 Å². The van der Waals surface area contributed by atoms with Crippen LogP contribution in [-0.2, 0) is 0 Å². The predicted molar refractivity (Wildman–Crippen MR) is 114 cm³/mol. The van der Waals surface area contributed by atoms with Gasteiger partial charge in [-0.1, -0.05) is 0 Å². The van der Waals surface area contributed by atoms with Crippen LogP contribution in [0.15, 0.2) is 24.5 Å². The first-order valence-electron chi connectivity index (χ1n) is 10.2. The van der Waals surface area contributed by atoms with Crippen LogP contribution in [0, 0.1) is 0 Å². The van der Waals surface area contributed by atoms with Crippen molar-refractivity contribution in [3.63, 3.8) is 0 Å². The number of piperazine rings is 1. The number of piperidine rings is 1. The van der Waals surface area contributed by atoms with E-state index in [1.165, 1.54) is 6.42 Å². The minimum atomic E-state index is -0.612. The zero-order chi connectivity index (χ0) is 20.2. The minimum Gasteiger partial charge on any atom is -0.368 e. The SMILES string of the molecule is CN1CCN(c2ccc(Nc3nc(N4CCCCC4)cnc3C(N)=O)nc2)CC1. The van der Waals surface area contributed by atoms with Gasteiger partial charge in [0, 0.05) is 39.3 Å². The Morgan fingerprint density at radius 3 is 2.38 bits per heavy atom. The summed E-state index contributed by atoms with van der Waals surface area (Å²) >= 11 is 0. The summed E-state index contributed by atoms with van der Waals surface area (Å²) in [7, 11) is 2.14. The minimum absolute atomic E-state index is 0.121. The third-order valence-corrected chi connectivity index (χ3v) is 5.54. The van der Waals surface area contributed by atoms with Crippen molar-refractivity contribution in [1.29, 1.82) is 0 Å². The average molecular weight is 396 g/mol. The molecular formula is C20H28N8O. The second-order valence-corrected chi connectivity index (χ2v) is 7.65. The van der Waals surface area contributed by atoms with Crippen molar-refractivity contribution in [2.75, 3.05) is 61.4 Å². The van der Waals surface area contributed by atoms with Crippen LogP contribution in [0.2, 0.25) is 0 Å². The van der Waals surface area contributed by atoms with Gasteiger partial charge >= 0.3 is 0 Å². The molecule has 2 aliphatic heterocycles. The van der Waals surface area contributed by atoms with E-state index in [1.54, 1.807) is 6.20 Å². The fraction of sp³-hybridized carbons (Fsp3) is 0.500. The number of nitrogens with two attached hydrogens (primary N) is 1. The second kappa shape index (κ2) is 8.60. The molecule has 9 nitrogen and oxygen atoms in total. The van der Waals surface area contributed by atoms with Crippen molar-refractivity contribution < 1.29 is 4.79 Å². The summed E-state index contributed by atoms with van der Waals surface area (Å²) in [5, 5.41) is 3.13. The molecule has 0 atom stereocenters. The average Bonchev–Trinajstić information content (AvgIpc) is 2.75. The Kier molecular flexibility index (Phi) is 5.75. The van der Waals surface area contributed by atoms with Crippen LogP contribution in [-0.4, -0.2) is 72.1 Å². The van der Waals surface area contributed by atoms with E-state index in [1.807, 2.05) is 18.3 Å². The van der Waals surface area contributed by atoms with Crippen LogP contribution >= 0.6 is 0 Å². The standard InChI is InChI=1S/C20H28N8O/c1-26-9-11-27(12-10-26)15-5-6-16(22-13-15)24-20-18(19(21)29)23-14-17(25-20)28-7-3-2-4-8-28/h5-6,13-14H,2-4,7-12H2,1H3,(H2,21,29)(H,22,24,25). The number of pyridine rings is 1. The van der Waals surface area contributed by atoms with E-state index in [-0.39, 0.29) is 5.69 Å². The number of anilines is 4. The van der Waals surface area contributed by atoms with Gasteiger partial charge in [0.1, 0.15) is 11.6 Å². The Morgan fingerprint density at radius 1 is 0.966 bits per heavy atom. The highest BCUT2D eigenvalue weighted by molar-refractivity contribution is 5.96. The van der Waals surface area contributed by atoms with Gasteiger partial charge in [-0.15, -0.1) is 0 Å². The third-order valence-electron chi connectivity index (χ3n) is 5.54. The van der Waals surface area contributed by atoms with Gasteiger partial charge < -0.3 is 25.8 Å². The van der Waals surface area contributed by atoms with E-state index in [4.69, 9.17) is 5.73 Å². The van der Waals surface area contributed by atoms with Gasteiger partial charge in [-0.2, -0.15) is 0 Å². The Bertz CT molecular complexity index is 842. The number of likely N-dealkylation sites (N-methyl/N-ethyl adjacent to an activating group) is 1. The number of amides is 1. The van der Waals surface area contributed by atoms with Crippen LogP contribution in [0.1, 0.15) is 29.8 Å². The molecular weight excluding hydrogens is 368 g/mol. The number of nitrogens with zero attached hydrogens (tertiary/aromatic N) is 6. The lowest BCUT2D eigenvalue weighted by Gasteiger charge is -2.33. The molecule has 4 rings (SSSR count). The highest BCUT2D eigenvalue weighted by Crippen LogP contribution is 2.23. The molecule has 2 fully saturated rings. The fourth-order valence-electron chi connectivity index (χ4n) is 3.76. The summed E-state index contributed by atoms with van der Waals surface area (Å²) in [4.78, 5) is 32.1. The molecule has 1 amide bonds. The second-order valence-electron chi connectivity index (χ2n) is 7.65. The summed E-state index contributed by atoms with van der Waals surface area (Å²) in [5.41, 5.74) is 6.71. The van der Waals surface area contributed by atoms with Gasteiger partial charge in [0.25, 0.3) is 5.91 Å². The van der Waals surface area contributed by atoms with Gasteiger partial charge in [0.05, 0.1) is 18.1 Å². The summed E-state index contributed by atoms with van der Waals surface area (Å²) in [6, 6.07) is 3.93. The molecule has 154 valence electrons. The first-order chi connectivity index (χ1) is 14.1. The largest absolute Gasteiger partial charge is 0.368 e. The van der Waals surface area contributed by atoms with E-state index < -0.39 is 5.91 Å². The summed E-state index contributed by atoms with van der Waals surface area (Å²) in [5.74, 6) is 1.10. The maximum atomic E-state index is 11.8. The Labute approximate surface area is 170 Å². The van der Waals surface area contributed by atoms with Crippen LogP contribution in [0.4, 0.5) is 23.1 Å². The monoisotopic (exact) mass is 396 g/mol. The zero-order valence-corrected chi connectivity index (χ0v) is 16.8. The number of rotatable bonds is 5. The molecule has 2 saturated heterocycles. The molecule has 2 aromatic rings. The van der Waals surface area contributed by atoms with Gasteiger partial charge in [-0.05, 0) is 38.4 Å². The number of hydrogen-bond acceptors (Lipinski definition) is 8. The maximum absolute atomic E-state index is 11.8. The van der Waals surface area contributed by atoms with Crippen LogP contribution in [0.5, 0.6) is 0 Å². The number of nitrogens with one attached hydrogen (secondary N) is 1. The van der Waals surface area contributed by atoms with Crippen molar-refractivity contribution in [3.05, 3.63) is 30.2 Å². The van der Waals surface area contributed by atoms with Gasteiger partial charge in [-0.25, -0.2) is 15.0 Å². The zero-order valence-electron chi connectivity index (χ0n) is 16.8. The van der Waals surface area contributed by atoms with E-state index >= 15 is 0 Å². The summed E-state index contributed by atoms with van der Waals surface area (Å²) in [6.07, 6.45) is 6.98. The summed E-state index contributed by atoms with van der Waals surface area (Å²) < 4.78 is 0. The lowest BCUT2D eigenvalue weighted by atomic mass is 10.1. The van der Waals surface area contributed by atoms with Crippen molar-refractivity contribution in [2.45, 2.75) is 19.3 Å². The van der Waals surface area contributed by atoms with E-state index in [0.717, 1.165) is 63.6 Å². The fourth-order valence-corrected chi connectivity index (χ4v) is 3.76. The number of carbonyl (C=O) groups is 1. The topological polar surface area (TPSA) is 104 Å². The normalized spacial score (nSPS) is 18.0. The highest BCUT2D eigenvalue weighted by Gasteiger charge is 2.19. The molecule has 2 aliphatic rings. The lowest BCUT2D eigenvalue weighted by molar-refractivity contribution is 0.0996.